The lowest BCUT2D eigenvalue weighted by Crippen LogP contribution is -2.26. The number of carbonyl (C=O) groups is 1. The van der Waals surface area contributed by atoms with Crippen molar-refractivity contribution in [2.45, 2.75) is 13.5 Å². The molecule has 0 saturated carbocycles. The molecule has 0 aliphatic carbocycles. The van der Waals surface area contributed by atoms with E-state index in [1.165, 1.54) is 34.4 Å². The molecule has 3 rings (SSSR count). The molecule has 0 saturated heterocycles. The molecule has 3 aromatic rings. The molecule has 0 unspecified atom stereocenters. The summed E-state index contributed by atoms with van der Waals surface area (Å²) in [6, 6.07) is 12.1. The monoisotopic (exact) mass is 401 g/mol. The molecular weight excluding hydrogens is 386 g/mol. The van der Waals surface area contributed by atoms with Gasteiger partial charge in [-0.2, -0.15) is 0 Å². The highest BCUT2D eigenvalue weighted by Gasteiger charge is 2.18. The molecule has 0 fully saturated rings. The van der Waals surface area contributed by atoms with Gasteiger partial charge in [-0.1, -0.05) is 41.4 Å². The van der Waals surface area contributed by atoms with Crippen LogP contribution in [-0.4, -0.2) is 27.8 Å². The van der Waals surface area contributed by atoms with E-state index in [1.807, 2.05) is 31.2 Å². The smallest absolute Gasteiger partial charge is 0.273 e. The summed E-state index contributed by atoms with van der Waals surface area (Å²) < 4.78 is 0. The van der Waals surface area contributed by atoms with Crippen molar-refractivity contribution in [3.8, 4) is 10.6 Å². The Morgan fingerprint density at radius 3 is 2.63 bits per heavy atom. The molecule has 138 valence electrons. The molecule has 1 aromatic heterocycles. The minimum atomic E-state index is -0.490. The highest BCUT2D eigenvalue weighted by Crippen LogP contribution is 2.26. The SMILES string of the molecule is Cc1ccc(-c2nc(C(=O)N(C)Cc3cc([N+](=O)[O-])ccc3Cl)cs2)cc1. The van der Waals surface area contributed by atoms with Gasteiger partial charge in [0.1, 0.15) is 10.7 Å². The highest BCUT2D eigenvalue weighted by molar-refractivity contribution is 7.13. The first kappa shape index (κ1) is 19.0. The fraction of sp³-hybridized carbons (Fsp3) is 0.158. The standard InChI is InChI=1S/C19H16ClN3O3S/c1-12-3-5-13(6-4-12)18-21-17(11-27-18)19(24)22(2)10-14-9-15(23(25)26)7-8-16(14)20/h3-9,11H,10H2,1-2H3. The van der Waals surface area contributed by atoms with E-state index in [1.54, 1.807) is 12.4 Å². The Labute approximate surface area is 165 Å². The van der Waals surface area contributed by atoms with E-state index in [4.69, 9.17) is 11.6 Å². The number of aromatic nitrogens is 1. The van der Waals surface area contributed by atoms with Gasteiger partial charge in [0.15, 0.2) is 0 Å². The number of halogens is 1. The number of nitro groups is 1. The van der Waals surface area contributed by atoms with Gasteiger partial charge in [0, 0.05) is 41.7 Å². The molecule has 0 bridgehead atoms. The minimum Gasteiger partial charge on any atom is -0.336 e. The van der Waals surface area contributed by atoms with E-state index < -0.39 is 4.92 Å². The number of amides is 1. The van der Waals surface area contributed by atoms with Crippen molar-refractivity contribution in [2.24, 2.45) is 0 Å². The largest absolute Gasteiger partial charge is 0.336 e. The summed E-state index contributed by atoms with van der Waals surface area (Å²) >= 11 is 7.51. The number of nitrogens with zero attached hydrogens (tertiary/aromatic N) is 3. The van der Waals surface area contributed by atoms with Crippen LogP contribution in [0, 0.1) is 17.0 Å². The van der Waals surface area contributed by atoms with Crippen LogP contribution >= 0.6 is 22.9 Å². The Hall–Kier alpha value is -2.77. The van der Waals surface area contributed by atoms with Crippen LogP contribution in [0.15, 0.2) is 47.8 Å². The van der Waals surface area contributed by atoms with Crippen molar-refractivity contribution >= 4 is 34.5 Å². The normalized spacial score (nSPS) is 10.6. The van der Waals surface area contributed by atoms with E-state index in [9.17, 15) is 14.9 Å². The number of rotatable bonds is 5. The number of hydrogen-bond donors (Lipinski definition) is 0. The van der Waals surface area contributed by atoms with Gasteiger partial charge in [0.05, 0.1) is 4.92 Å². The maximum atomic E-state index is 12.7. The molecule has 0 N–H and O–H groups in total. The lowest BCUT2D eigenvalue weighted by Gasteiger charge is -2.16. The predicted molar refractivity (Wildman–Crippen MR) is 106 cm³/mol. The van der Waals surface area contributed by atoms with Crippen LogP contribution in [0.5, 0.6) is 0 Å². The van der Waals surface area contributed by atoms with Crippen LogP contribution in [0.4, 0.5) is 5.69 Å². The number of nitro benzene ring substituents is 1. The summed E-state index contributed by atoms with van der Waals surface area (Å²) in [6.07, 6.45) is 0. The van der Waals surface area contributed by atoms with Crippen molar-refractivity contribution in [3.05, 3.63) is 79.8 Å². The minimum absolute atomic E-state index is 0.0643. The van der Waals surface area contributed by atoms with Gasteiger partial charge in [-0.25, -0.2) is 4.98 Å². The van der Waals surface area contributed by atoms with Gasteiger partial charge < -0.3 is 4.90 Å². The molecule has 0 aliphatic rings. The van der Waals surface area contributed by atoms with Gasteiger partial charge >= 0.3 is 0 Å². The maximum absolute atomic E-state index is 12.7. The van der Waals surface area contributed by atoms with E-state index in [-0.39, 0.29) is 18.1 Å². The third kappa shape index (κ3) is 4.32. The van der Waals surface area contributed by atoms with Crippen LogP contribution in [0.3, 0.4) is 0 Å². The summed E-state index contributed by atoms with van der Waals surface area (Å²) in [7, 11) is 1.61. The van der Waals surface area contributed by atoms with Crippen LogP contribution in [-0.2, 0) is 6.54 Å². The summed E-state index contributed by atoms with van der Waals surface area (Å²) in [6.45, 7) is 2.16. The van der Waals surface area contributed by atoms with Crippen LogP contribution < -0.4 is 0 Å². The van der Waals surface area contributed by atoms with Gasteiger partial charge in [-0.05, 0) is 18.6 Å². The quantitative estimate of drug-likeness (QED) is 0.447. The maximum Gasteiger partial charge on any atom is 0.273 e. The number of hydrogen-bond acceptors (Lipinski definition) is 5. The second kappa shape index (κ2) is 7.85. The van der Waals surface area contributed by atoms with E-state index in [0.29, 0.717) is 16.3 Å². The van der Waals surface area contributed by atoms with Crippen molar-refractivity contribution in [1.82, 2.24) is 9.88 Å². The summed E-state index contributed by atoms with van der Waals surface area (Å²) in [5, 5.41) is 13.8. The fourth-order valence-corrected chi connectivity index (χ4v) is 3.50. The van der Waals surface area contributed by atoms with E-state index in [2.05, 4.69) is 4.98 Å². The van der Waals surface area contributed by atoms with Crippen molar-refractivity contribution in [2.75, 3.05) is 7.05 Å². The number of aryl methyl sites for hydroxylation is 1. The van der Waals surface area contributed by atoms with Gasteiger partial charge in [-0.3, -0.25) is 14.9 Å². The lowest BCUT2D eigenvalue weighted by atomic mass is 10.1. The molecule has 0 spiro atoms. The first-order valence-electron chi connectivity index (χ1n) is 8.06. The molecule has 0 radical (unpaired) electrons. The zero-order chi connectivity index (χ0) is 19.6. The number of non-ortho nitro benzene ring substituents is 1. The van der Waals surface area contributed by atoms with Crippen LogP contribution in [0.25, 0.3) is 10.6 Å². The summed E-state index contributed by atoms with van der Waals surface area (Å²) in [4.78, 5) is 29.0. The first-order valence-corrected chi connectivity index (χ1v) is 9.32. The van der Waals surface area contributed by atoms with Crippen LogP contribution in [0.2, 0.25) is 5.02 Å². The molecule has 27 heavy (non-hydrogen) atoms. The second-order valence-electron chi connectivity index (χ2n) is 6.10. The van der Waals surface area contributed by atoms with Crippen molar-refractivity contribution in [3.63, 3.8) is 0 Å². The summed E-state index contributed by atoms with van der Waals surface area (Å²) in [5.41, 5.74) is 2.88. The molecule has 0 atom stereocenters. The average molecular weight is 402 g/mol. The molecule has 0 aliphatic heterocycles. The Kier molecular flexibility index (Phi) is 5.53. The molecule has 1 heterocycles. The van der Waals surface area contributed by atoms with Crippen LogP contribution in [0.1, 0.15) is 21.6 Å². The van der Waals surface area contributed by atoms with Crippen molar-refractivity contribution < 1.29 is 9.72 Å². The Morgan fingerprint density at radius 2 is 1.96 bits per heavy atom. The lowest BCUT2D eigenvalue weighted by molar-refractivity contribution is -0.384. The Balaban J connectivity index is 1.77. The Morgan fingerprint density at radius 1 is 1.26 bits per heavy atom. The first-order chi connectivity index (χ1) is 12.8. The summed E-state index contributed by atoms with van der Waals surface area (Å²) in [5.74, 6) is -0.271. The second-order valence-corrected chi connectivity index (χ2v) is 7.36. The zero-order valence-corrected chi connectivity index (χ0v) is 16.3. The third-order valence-corrected chi connectivity index (χ3v) is 5.28. The molecule has 6 nitrogen and oxygen atoms in total. The fourth-order valence-electron chi connectivity index (χ4n) is 2.52. The number of benzene rings is 2. The van der Waals surface area contributed by atoms with Gasteiger partial charge in [-0.15, -0.1) is 11.3 Å². The van der Waals surface area contributed by atoms with Gasteiger partial charge in [0.2, 0.25) is 0 Å². The predicted octanol–water partition coefficient (Wildman–Crippen LogP) is 4.95. The molecule has 8 heteroatoms. The molecule has 1 amide bonds. The zero-order valence-electron chi connectivity index (χ0n) is 14.7. The number of carbonyl (C=O) groups excluding carboxylic acids is 1. The van der Waals surface area contributed by atoms with E-state index in [0.717, 1.165) is 16.1 Å². The Bertz CT molecular complexity index is 1000. The van der Waals surface area contributed by atoms with Gasteiger partial charge in [0.25, 0.3) is 11.6 Å². The topological polar surface area (TPSA) is 76.3 Å². The highest BCUT2D eigenvalue weighted by atomic mass is 35.5. The molecule has 2 aromatic carbocycles. The van der Waals surface area contributed by atoms with Crippen molar-refractivity contribution in [1.29, 1.82) is 0 Å². The average Bonchev–Trinajstić information content (AvgIpc) is 3.13. The van der Waals surface area contributed by atoms with E-state index >= 15 is 0 Å². The number of thiazole rings is 1. The molecular formula is C19H16ClN3O3S. The third-order valence-electron chi connectivity index (χ3n) is 4.02.